The second-order valence-corrected chi connectivity index (χ2v) is 11.6. The van der Waals surface area contributed by atoms with Crippen molar-refractivity contribution in [3.8, 4) is 16.9 Å². The van der Waals surface area contributed by atoms with Crippen molar-refractivity contribution in [1.29, 1.82) is 0 Å². The molecule has 198 valence electrons. The third-order valence-corrected chi connectivity index (χ3v) is 8.53. The van der Waals surface area contributed by atoms with Crippen LogP contribution in [0.4, 0.5) is 16.2 Å². The van der Waals surface area contributed by atoms with Crippen LogP contribution in [0.25, 0.3) is 32.8 Å². The van der Waals surface area contributed by atoms with Crippen molar-refractivity contribution in [3.05, 3.63) is 53.3 Å². The fraction of sp³-hybridized carbons (Fsp3) is 0.400. The van der Waals surface area contributed by atoms with Gasteiger partial charge in [0.15, 0.2) is 5.82 Å². The monoisotopic (exact) mass is 533 g/mol. The van der Waals surface area contributed by atoms with Crippen LogP contribution in [-0.4, -0.2) is 65.8 Å². The van der Waals surface area contributed by atoms with Crippen LogP contribution in [0.3, 0.4) is 0 Å². The summed E-state index contributed by atoms with van der Waals surface area (Å²) in [6, 6.07) is 13.4. The molecule has 3 heterocycles. The summed E-state index contributed by atoms with van der Waals surface area (Å²) in [6.45, 7) is 6.90. The van der Waals surface area contributed by atoms with Gasteiger partial charge in [-0.2, -0.15) is 4.98 Å². The van der Waals surface area contributed by atoms with Crippen molar-refractivity contribution in [2.24, 2.45) is 5.92 Å². The molecule has 2 atom stereocenters. The van der Waals surface area contributed by atoms with E-state index in [1.165, 1.54) is 0 Å². The fourth-order valence-electron chi connectivity index (χ4n) is 5.81. The summed E-state index contributed by atoms with van der Waals surface area (Å²) in [5.74, 6) is 1.37. The minimum Gasteiger partial charge on any atom is -0.508 e. The van der Waals surface area contributed by atoms with Crippen LogP contribution in [0.1, 0.15) is 26.7 Å². The van der Waals surface area contributed by atoms with Crippen molar-refractivity contribution in [3.63, 3.8) is 0 Å². The topological polar surface area (TPSA) is 55.7 Å². The molecule has 38 heavy (non-hydrogen) atoms. The van der Waals surface area contributed by atoms with Crippen molar-refractivity contribution in [2.45, 2.75) is 38.8 Å². The highest BCUT2D eigenvalue weighted by Crippen LogP contribution is 2.43. The Balaban J connectivity index is 1.58. The molecule has 4 aromatic rings. The second kappa shape index (κ2) is 9.54. The number of halogens is 2. The Morgan fingerprint density at radius 3 is 2.53 bits per heavy atom. The molecule has 0 unspecified atom stereocenters. The first kappa shape index (κ1) is 25.1. The number of likely N-dealkylation sites (N-methyl/N-ethyl adjacent to an activating group) is 1. The lowest BCUT2D eigenvalue weighted by Gasteiger charge is -2.43. The number of aromatic nitrogens is 2. The maximum absolute atomic E-state index is 16.7. The molecule has 8 heteroatoms. The van der Waals surface area contributed by atoms with E-state index in [9.17, 15) is 5.11 Å². The first-order valence-corrected chi connectivity index (χ1v) is 13.7. The molecule has 0 bridgehead atoms. The standard InChI is InChI=1S/C30H33ClFN5O/c1-17-9-10-18(2)37(14-17)29-24-13-25(31)26(23-12-21(38)11-19-7-5-6-8-22(19)23)27(32)28(24)33-30(34-29)36-15-20(16-36)35(3)4/h5-8,11-13,17-18,20,38H,9-10,14-16H2,1-4H3/t17-,18-/m0/s1. The molecule has 0 amide bonds. The van der Waals surface area contributed by atoms with Crippen molar-refractivity contribution in [2.75, 3.05) is 43.5 Å². The molecule has 0 spiro atoms. The van der Waals surface area contributed by atoms with Crippen molar-refractivity contribution in [1.82, 2.24) is 14.9 Å². The van der Waals surface area contributed by atoms with Gasteiger partial charge in [-0.1, -0.05) is 42.8 Å². The predicted octanol–water partition coefficient (Wildman–Crippen LogP) is 6.32. The Labute approximate surface area is 227 Å². The Morgan fingerprint density at radius 1 is 1.00 bits per heavy atom. The van der Waals surface area contributed by atoms with E-state index < -0.39 is 5.82 Å². The van der Waals surface area contributed by atoms with Gasteiger partial charge in [0.05, 0.1) is 5.02 Å². The smallest absolute Gasteiger partial charge is 0.228 e. The average molecular weight is 534 g/mol. The van der Waals surface area contributed by atoms with Crippen molar-refractivity contribution < 1.29 is 9.50 Å². The molecule has 3 aromatic carbocycles. The van der Waals surface area contributed by atoms with Gasteiger partial charge in [-0.3, -0.25) is 0 Å². The second-order valence-electron chi connectivity index (χ2n) is 11.2. The molecule has 0 aliphatic carbocycles. The number of aromatic hydroxyl groups is 1. The first-order chi connectivity index (χ1) is 18.2. The summed E-state index contributed by atoms with van der Waals surface area (Å²) in [6.07, 6.45) is 2.21. The predicted molar refractivity (Wildman–Crippen MR) is 154 cm³/mol. The molecular formula is C30H33ClFN5O. The highest BCUT2D eigenvalue weighted by atomic mass is 35.5. The van der Waals surface area contributed by atoms with Crippen LogP contribution in [0.5, 0.6) is 5.75 Å². The summed E-state index contributed by atoms with van der Waals surface area (Å²) >= 11 is 6.85. The largest absolute Gasteiger partial charge is 0.508 e. The Hall–Kier alpha value is -3.16. The molecule has 0 radical (unpaired) electrons. The quantitative estimate of drug-likeness (QED) is 0.331. The van der Waals surface area contributed by atoms with Gasteiger partial charge in [-0.05, 0) is 74.3 Å². The minimum atomic E-state index is -0.490. The van der Waals surface area contributed by atoms with Gasteiger partial charge in [-0.25, -0.2) is 9.37 Å². The maximum atomic E-state index is 16.7. The molecule has 2 aliphatic heterocycles. The maximum Gasteiger partial charge on any atom is 0.228 e. The number of nitrogens with zero attached hydrogens (tertiary/aromatic N) is 5. The van der Waals surface area contributed by atoms with E-state index in [4.69, 9.17) is 21.6 Å². The Morgan fingerprint density at radius 2 is 1.76 bits per heavy atom. The lowest BCUT2D eigenvalue weighted by molar-refractivity contribution is 0.245. The number of anilines is 2. The normalized spacial score (nSPS) is 20.5. The molecule has 1 aromatic heterocycles. The van der Waals surface area contributed by atoms with E-state index >= 15 is 4.39 Å². The zero-order valence-electron chi connectivity index (χ0n) is 22.2. The van der Waals surface area contributed by atoms with E-state index in [1.807, 2.05) is 24.3 Å². The average Bonchev–Trinajstić information content (AvgIpc) is 2.84. The third kappa shape index (κ3) is 4.22. The van der Waals surface area contributed by atoms with Crippen LogP contribution >= 0.6 is 11.6 Å². The summed E-state index contributed by atoms with van der Waals surface area (Å²) in [7, 11) is 4.14. The van der Waals surface area contributed by atoms with Gasteiger partial charge in [0.2, 0.25) is 5.95 Å². The number of hydrogen-bond donors (Lipinski definition) is 1. The lowest BCUT2D eigenvalue weighted by atomic mass is 9.94. The van der Waals surface area contributed by atoms with Gasteiger partial charge < -0.3 is 19.8 Å². The zero-order chi connectivity index (χ0) is 26.7. The van der Waals surface area contributed by atoms with E-state index in [1.54, 1.807) is 18.2 Å². The zero-order valence-corrected chi connectivity index (χ0v) is 23.0. The fourth-order valence-corrected chi connectivity index (χ4v) is 6.10. The molecule has 6 rings (SSSR count). The van der Waals surface area contributed by atoms with Gasteiger partial charge in [0, 0.05) is 42.7 Å². The number of phenols is 1. The van der Waals surface area contributed by atoms with Crippen LogP contribution in [0, 0.1) is 11.7 Å². The Kier molecular flexibility index (Phi) is 6.31. The molecule has 2 saturated heterocycles. The summed E-state index contributed by atoms with van der Waals surface area (Å²) in [4.78, 5) is 16.4. The number of rotatable bonds is 4. The number of benzene rings is 3. The van der Waals surface area contributed by atoms with Gasteiger partial charge in [-0.15, -0.1) is 0 Å². The molecule has 2 aliphatic rings. The van der Waals surface area contributed by atoms with Crippen molar-refractivity contribution >= 4 is 45.0 Å². The lowest BCUT2D eigenvalue weighted by Crippen LogP contribution is -2.58. The summed E-state index contributed by atoms with van der Waals surface area (Å²) < 4.78 is 16.7. The van der Waals surface area contributed by atoms with E-state index in [0.29, 0.717) is 28.9 Å². The first-order valence-electron chi connectivity index (χ1n) is 13.3. The molecule has 2 fully saturated rings. The molecule has 1 N–H and O–H groups in total. The van der Waals surface area contributed by atoms with Gasteiger partial charge >= 0.3 is 0 Å². The number of phenolic OH excluding ortho intramolecular Hbond substituents is 1. The SMILES string of the molecule is C[C@H]1CC[C@H](C)N(c2nc(N3CC(N(C)C)C3)nc3c(F)c(-c4cc(O)cc5ccccc45)c(Cl)cc23)C1. The van der Waals surface area contributed by atoms with E-state index in [0.717, 1.165) is 49.1 Å². The number of hydrogen-bond acceptors (Lipinski definition) is 6. The summed E-state index contributed by atoms with van der Waals surface area (Å²) in [5.41, 5.74) is 1.05. The molecular weight excluding hydrogens is 501 g/mol. The van der Waals surface area contributed by atoms with Crippen LogP contribution in [0.15, 0.2) is 42.5 Å². The summed E-state index contributed by atoms with van der Waals surface area (Å²) in [5, 5.41) is 13.0. The highest BCUT2D eigenvalue weighted by Gasteiger charge is 2.33. The Bertz CT molecular complexity index is 1540. The van der Waals surface area contributed by atoms with Crippen LogP contribution in [-0.2, 0) is 0 Å². The highest BCUT2D eigenvalue weighted by molar-refractivity contribution is 6.35. The van der Waals surface area contributed by atoms with Crippen LogP contribution < -0.4 is 9.80 Å². The number of piperidine rings is 1. The molecule has 6 nitrogen and oxygen atoms in total. The van der Waals surface area contributed by atoms with Gasteiger partial charge in [0.1, 0.15) is 17.1 Å². The van der Waals surface area contributed by atoms with E-state index in [-0.39, 0.29) is 27.9 Å². The molecule has 0 saturated carbocycles. The van der Waals surface area contributed by atoms with Crippen LogP contribution in [0.2, 0.25) is 5.02 Å². The van der Waals surface area contributed by atoms with Gasteiger partial charge in [0.25, 0.3) is 0 Å². The third-order valence-electron chi connectivity index (χ3n) is 8.23. The van der Waals surface area contributed by atoms with E-state index in [2.05, 4.69) is 42.6 Å². The number of fused-ring (bicyclic) bond motifs is 2. The minimum absolute atomic E-state index is 0.0600.